The molecule has 1 fully saturated rings. The number of aliphatic hydroxyl groups is 1. The number of hydrogen-bond acceptors (Lipinski definition) is 3. The molecule has 5 nitrogen and oxygen atoms in total. The van der Waals surface area contributed by atoms with Crippen molar-refractivity contribution in [1.29, 1.82) is 0 Å². The minimum Gasteiger partial charge on any atom is -0.372 e. The Bertz CT molecular complexity index is 877. The third-order valence-electron chi connectivity index (χ3n) is 4.26. The molecule has 0 aliphatic carbocycles. The van der Waals surface area contributed by atoms with Gasteiger partial charge in [0.05, 0.1) is 5.02 Å². The molecule has 1 saturated heterocycles. The summed E-state index contributed by atoms with van der Waals surface area (Å²) in [5.74, 6) is -2.28. The molecular formula is C18H15Cl2FN2O3. The van der Waals surface area contributed by atoms with E-state index in [0.717, 1.165) is 0 Å². The van der Waals surface area contributed by atoms with Crippen molar-refractivity contribution in [2.24, 2.45) is 0 Å². The number of carbonyl (C=O) groups excluding carboxylic acids is 2. The SMILES string of the molecule is O=C(NCc1cccc(Cl)c1F)[C@@]1(O)CCN(c2cccc(Cl)c2)C1=O. The van der Waals surface area contributed by atoms with E-state index < -0.39 is 23.2 Å². The number of amides is 2. The summed E-state index contributed by atoms with van der Waals surface area (Å²) in [4.78, 5) is 26.3. The van der Waals surface area contributed by atoms with Gasteiger partial charge in [-0.1, -0.05) is 41.4 Å². The fourth-order valence-electron chi connectivity index (χ4n) is 2.81. The van der Waals surface area contributed by atoms with Crippen LogP contribution >= 0.6 is 23.2 Å². The molecule has 26 heavy (non-hydrogen) atoms. The number of anilines is 1. The van der Waals surface area contributed by atoms with E-state index in [4.69, 9.17) is 23.2 Å². The lowest BCUT2D eigenvalue weighted by molar-refractivity contribution is -0.149. The molecule has 0 radical (unpaired) electrons. The molecule has 2 aromatic carbocycles. The molecule has 0 spiro atoms. The number of nitrogens with zero attached hydrogens (tertiary/aromatic N) is 1. The summed E-state index contributed by atoms with van der Waals surface area (Å²) in [5.41, 5.74) is -1.56. The van der Waals surface area contributed by atoms with Gasteiger partial charge in [-0.05, 0) is 24.3 Å². The number of rotatable bonds is 4. The first-order valence-corrected chi connectivity index (χ1v) is 8.59. The monoisotopic (exact) mass is 396 g/mol. The summed E-state index contributed by atoms with van der Waals surface area (Å²) < 4.78 is 13.9. The first-order chi connectivity index (χ1) is 12.3. The van der Waals surface area contributed by atoms with Crippen LogP contribution in [0.4, 0.5) is 10.1 Å². The van der Waals surface area contributed by atoms with E-state index in [1.807, 2.05) is 0 Å². The molecule has 1 aliphatic rings. The molecule has 8 heteroatoms. The molecule has 0 bridgehead atoms. The second-order valence-corrected chi connectivity index (χ2v) is 6.79. The Morgan fingerprint density at radius 1 is 1.27 bits per heavy atom. The number of halogens is 3. The second kappa shape index (κ2) is 7.23. The molecule has 1 aliphatic heterocycles. The van der Waals surface area contributed by atoms with Crippen molar-refractivity contribution in [3.63, 3.8) is 0 Å². The van der Waals surface area contributed by atoms with Crippen LogP contribution in [0.1, 0.15) is 12.0 Å². The van der Waals surface area contributed by atoms with Crippen molar-refractivity contribution in [1.82, 2.24) is 5.32 Å². The number of nitrogens with one attached hydrogen (secondary N) is 1. The van der Waals surface area contributed by atoms with Gasteiger partial charge in [-0.25, -0.2) is 4.39 Å². The van der Waals surface area contributed by atoms with Crippen LogP contribution in [0.3, 0.4) is 0 Å². The predicted octanol–water partition coefficient (Wildman–Crippen LogP) is 2.92. The average Bonchev–Trinajstić information content (AvgIpc) is 2.92. The third kappa shape index (κ3) is 3.40. The second-order valence-electron chi connectivity index (χ2n) is 5.94. The van der Waals surface area contributed by atoms with Crippen LogP contribution in [0.5, 0.6) is 0 Å². The highest BCUT2D eigenvalue weighted by Crippen LogP contribution is 2.30. The highest BCUT2D eigenvalue weighted by Gasteiger charge is 2.51. The van der Waals surface area contributed by atoms with Gasteiger partial charge < -0.3 is 15.3 Å². The Kier molecular flexibility index (Phi) is 5.18. The molecule has 2 N–H and O–H groups in total. The van der Waals surface area contributed by atoms with Gasteiger partial charge in [-0.2, -0.15) is 0 Å². The molecule has 3 rings (SSSR count). The summed E-state index contributed by atoms with van der Waals surface area (Å²) in [6, 6.07) is 11.0. The Morgan fingerprint density at radius 2 is 2.00 bits per heavy atom. The maximum Gasteiger partial charge on any atom is 0.268 e. The molecule has 0 unspecified atom stereocenters. The van der Waals surface area contributed by atoms with E-state index in [0.29, 0.717) is 10.7 Å². The summed E-state index contributed by atoms with van der Waals surface area (Å²) in [5, 5.41) is 13.3. The van der Waals surface area contributed by atoms with E-state index in [1.54, 1.807) is 30.3 Å². The van der Waals surface area contributed by atoms with Crippen LogP contribution in [0.25, 0.3) is 0 Å². The zero-order valence-corrected chi connectivity index (χ0v) is 15.0. The Hall–Kier alpha value is -2.15. The van der Waals surface area contributed by atoms with Gasteiger partial charge >= 0.3 is 0 Å². The number of carbonyl (C=O) groups is 2. The molecule has 0 aromatic heterocycles. The van der Waals surface area contributed by atoms with Crippen LogP contribution in [0, 0.1) is 5.82 Å². The molecule has 2 amide bonds. The lowest BCUT2D eigenvalue weighted by Crippen LogP contribution is -2.52. The van der Waals surface area contributed by atoms with Crippen LogP contribution in [0.15, 0.2) is 42.5 Å². The van der Waals surface area contributed by atoms with Crippen LogP contribution in [-0.4, -0.2) is 29.1 Å². The van der Waals surface area contributed by atoms with Gasteiger partial charge in [0.15, 0.2) is 0 Å². The van der Waals surface area contributed by atoms with Gasteiger partial charge in [0, 0.05) is 35.8 Å². The van der Waals surface area contributed by atoms with Crippen molar-refractivity contribution in [2.45, 2.75) is 18.6 Å². The average molecular weight is 397 g/mol. The van der Waals surface area contributed by atoms with E-state index in [-0.39, 0.29) is 30.1 Å². The summed E-state index contributed by atoms with van der Waals surface area (Å²) >= 11 is 11.6. The molecule has 136 valence electrons. The minimum atomic E-state index is -2.21. The smallest absolute Gasteiger partial charge is 0.268 e. The predicted molar refractivity (Wildman–Crippen MR) is 96.6 cm³/mol. The Balaban J connectivity index is 1.73. The van der Waals surface area contributed by atoms with Crippen LogP contribution < -0.4 is 10.2 Å². The number of benzene rings is 2. The molecule has 2 aromatic rings. The molecule has 1 heterocycles. The summed E-state index contributed by atoms with van der Waals surface area (Å²) in [7, 11) is 0. The molecular weight excluding hydrogens is 382 g/mol. The lowest BCUT2D eigenvalue weighted by atomic mass is 10.0. The van der Waals surface area contributed by atoms with Crippen molar-refractivity contribution in [2.75, 3.05) is 11.4 Å². The fourth-order valence-corrected chi connectivity index (χ4v) is 3.19. The van der Waals surface area contributed by atoms with Crippen molar-refractivity contribution in [3.8, 4) is 0 Å². The quantitative estimate of drug-likeness (QED) is 0.780. The zero-order chi connectivity index (χ0) is 18.9. The first kappa shape index (κ1) is 18.6. The summed E-state index contributed by atoms with van der Waals surface area (Å²) in [6.45, 7) is -0.0351. The highest BCUT2D eigenvalue weighted by molar-refractivity contribution is 6.31. The highest BCUT2D eigenvalue weighted by atomic mass is 35.5. The van der Waals surface area contributed by atoms with E-state index in [1.165, 1.54) is 17.0 Å². The normalized spacial score (nSPS) is 19.7. The van der Waals surface area contributed by atoms with E-state index >= 15 is 0 Å². The van der Waals surface area contributed by atoms with E-state index in [2.05, 4.69) is 5.32 Å². The van der Waals surface area contributed by atoms with E-state index in [9.17, 15) is 19.1 Å². The van der Waals surface area contributed by atoms with Gasteiger partial charge in [-0.3, -0.25) is 9.59 Å². The third-order valence-corrected chi connectivity index (χ3v) is 4.79. The summed E-state index contributed by atoms with van der Waals surface area (Å²) in [6.07, 6.45) is -0.0811. The zero-order valence-electron chi connectivity index (χ0n) is 13.5. The van der Waals surface area contributed by atoms with Crippen molar-refractivity contribution >= 4 is 40.7 Å². The van der Waals surface area contributed by atoms with Gasteiger partial charge in [0.25, 0.3) is 11.8 Å². The van der Waals surface area contributed by atoms with Gasteiger partial charge in [0.1, 0.15) is 5.82 Å². The van der Waals surface area contributed by atoms with Crippen LogP contribution in [0.2, 0.25) is 10.0 Å². The van der Waals surface area contributed by atoms with Gasteiger partial charge in [-0.15, -0.1) is 0 Å². The fraction of sp³-hybridized carbons (Fsp3) is 0.222. The minimum absolute atomic E-state index is 0.0699. The van der Waals surface area contributed by atoms with Gasteiger partial charge in [0.2, 0.25) is 5.60 Å². The lowest BCUT2D eigenvalue weighted by Gasteiger charge is -2.22. The maximum atomic E-state index is 13.9. The number of hydrogen-bond donors (Lipinski definition) is 2. The Morgan fingerprint density at radius 3 is 2.73 bits per heavy atom. The standard InChI is InChI=1S/C18H15Cl2FN2O3/c19-12-4-2-5-13(9-12)23-8-7-18(26,17(23)25)16(24)22-10-11-3-1-6-14(20)15(11)21/h1-6,9,26H,7-8,10H2,(H,22,24)/t18-/m0/s1. The largest absolute Gasteiger partial charge is 0.372 e. The van der Waals surface area contributed by atoms with Crippen molar-refractivity contribution in [3.05, 3.63) is 63.9 Å². The molecule has 0 saturated carbocycles. The first-order valence-electron chi connectivity index (χ1n) is 7.84. The maximum absolute atomic E-state index is 13.9. The molecule has 1 atom stereocenters. The topological polar surface area (TPSA) is 69.6 Å². The van der Waals surface area contributed by atoms with Crippen molar-refractivity contribution < 1.29 is 19.1 Å². The Labute approximate surface area is 159 Å². The van der Waals surface area contributed by atoms with Crippen LogP contribution in [-0.2, 0) is 16.1 Å².